The summed E-state index contributed by atoms with van der Waals surface area (Å²) in [5.74, 6) is -2.29. The molecule has 8 amide bonds. The Kier molecular flexibility index (Phi) is 25.2. The first-order valence-electron chi connectivity index (χ1n) is 41.2. The second-order valence-corrected chi connectivity index (χ2v) is 36.4. The van der Waals surface area contributed by atoms with Gasteiger partial charge in [-0.1, -0.05) is 84.9 Å². The topological polar surface area (TPSA) is 269 Å². The molecule has 9 aliphatic rings. The molecule has 0 radical (unpaired) electrons. The maximum Gasteiger partial charge on any atom is 0.451 e. The van der Waals surface area contributed by atoms with Crippen LogP contribution in [-0.4, -0.2) is 209 Å². The lowest BCUT2D eigenvalue weighted by Crippen LogP contribution is -2.54. The number of halogens is 6. The first-order chi connectivity index (χ1) is 57.7. The minimum Gasteiger partial charge on any atom is -0.480 e. The van der Waals surface area contributed by atoms with Crippen molar-refractivity contribution in [2.75, 3.05) is 127 Å². The SMILES string of the molecule is CN(C)C1(c2ccccc2)CCC2(CC1)CN(c1ccccc1OCC(=O)O)C(=O)N2.CN(C)C1(c2ccccc2)CCC2(CC1)CN(c1cnc(N3CCCCC3)nc1)C(=O)N2.CN(C)C1(c2cccs2)CCC2(CC1)CN(c1cnc(C(F)(F)F)nc1)C(=O)N2.CN(C)C1(c2cccs2)CCC2(CC1)CN(c1cnc(C(F)(F)F)nc1)C(=O)N2. The summed E-state index contributed by atoms with van der Waals surface area (Å²) in [5, 5.41) is 25.8. The minimum absolute atomic E-state index is 0.0177. The fraction of sp³-hybridized carbons (Fsp3) is 0.506. The van der Waals surface area contributed by atoms with E-state index in [0.29, 0.717) is 37.6 Å². The van der Waals surface area contributed by atoms with Gasteiger partial charge in [0, 0.05) is 33.9 Å². The Labute approximate surface area is 709 Å². The number of para-hydroxylation sites is 2. The molecule has 10 heterocycles. The molecule has 34 heteroatoms. The molecule has 26 nitrogen and oxygen atoms in total. The number of aromatic nitrogens is 6. The molecule has 5 aliphatic heterocycles. The Bertz CT molecular complexity index is 4710. The summed E-state index contributed by atoms with van der Waals surface area (Å²) in [6, 6.07) is 36.1. The lowest BCUT2D eigenvalue weighted by Gasteiger charge is -2.48. The summed E-state index contributed by atoms with van der Waals surface area (Å²) < 4.78 is 81.6. The second kappa shape index (κ2) is 35.0. The molecular formula is C87H107F6N19O7S2. The van der Waals surface area contributed by atoms with E-state index in [1.54, 1.807) is 45.8 Å². The van der Waals surface area contributed by atoms with Crippen LogP contribution in [0.25, 0.3) is 0 Å². The van der Waals surface area contributed by atoms with E-state index in [1.807, 2.05) is 29.4 Å². The highest BCUT2D eigenvalue weighted by molar-refractivity contribution is 7.10. The first kappa shape index (κ1) is 87.2. The number of nitrogens with one attached hydrogen (secondary N) is 4. The summed E-state index contributed by atoms with van der Waals surface area (Å²) in [7, 11) is 16.9. The third kappa shape index (κ3) is 18.1. The predicted molar refractivity (Wildman–Crippen MR) is 453 cm³/mol. The number of carbonyl (C=O) groups excluding carboxylic acids is 4. The molecule has 0 unspecified atom stereocenters. The highest BCUT2D eigenvalue weighted by Gasteiger charge is 2.56. The lowest BCUT2D eigenvalue weighted by atomic mass is 9.69. The van der Waals surface area contributed by atoms with E-state index in [9.17, 15) is 50.3 Å². The number of ether oxygens (including phenoxy) is 1. The van der Waals surface area contributed by atoms with Crippen molar-refractivity contribution < 1.29 is 60.2 Å². The van der Waals surface area contributed by atoms with E-state index in [2.05, 4.69) is 222 Å². The van der Waals surface area contributed by atoms with Gasteiger partial charge in [-0.3, -0.25) is 39.2 Å². The van der Waals surface area contributed by atoms with Crippen LogP contribution in [0, 0.1) is 0 Å². The number of carbonyl (C=O) groups is 5. The van der Waals surface area contributed by atoms with Crippen molar-refractivity contribution in [3.63, 3.8) is 0 Å². The molecule has 3 aromatic carbocycles. The minimum atomic E-state index is -4.60. The summed E-state index contributed by atoms with van der Waals surface area (Å²) in [6.07, 6.45) is 16.6. The van der Waals surface area contributed by atoms with Crippen LogP contribution in [0.15, 0.2) is 157 Å². The van der Waals surface area contributed by atoms with Gasteiger partial charge in [-0.05, 0) is 225 Å². The van der Waals surface area contributed by atoms with Crippen molar-refractivity contribution in [2.24, 2.45) is 0 Å². The number of hydrogen-bond donors (Lipinski definition) is 5. The van der Waals surface area contributed by atoms with Crippen molar-refractivity contribution in [3.05, 3.63) is 190 Å². The van der Waals surface area contributed by atoms with E-state index in [1.165, 1.54) is 49.9 Å². The molecular weight excluding hydrogens is 1600 g/mol. The number of urea groups is 4. The number of thiophene rings is 2. The summed E-state index contributed by atoms with van der Waals surface area (Å²) in [4.78, 5) is 105. The van der Waals surface area contributed by atoms with E-state index < -0.39 is 47.7 Å². The van der Waals surface area contributed by atoms with Crippen LogP contribution in [0.4, 0.5) is 74.2 Å². The molecule has 8 aromatic rings. The smallest absolute Gasteiger partial charge is 0.451 e. The van der Waals surface area contributed by atoms with Crippen molar-refractivity contribution in [1.29, 1.82) is 0 Å². The number of amides is 8. The average molecular weight is 1710 g/mol. The van der Waals surface area contributed by atoms with E-state index in [0.717, 1.165) is 152 Å². The normalized spacial score (nSPS) is 27.3. The van der Waals surface area contributed by atoms with Gasteiger partial charge in [0.05, 0.1) is 119 Å². The van der Waals surface area contributed by atoms with Gasteiger partial charge in [0.25, 0.3) is 0 Å². The molecule has 0 atom stereocenters. The Hall–Kier alpha value is -10.1. The molecule has 0 bridgehead atoms. The van der Waals surface area contributed by atoms with Crippen LogP contribution < -0.4 is 50.5 Å². The van der Waals surface area contributed by atoms with Gasteiger partial charge in [0.2, 0.25) is 17.6 Å². The standard InChI is InChI=1S/C25H34N6O.C24H29N3O4.2C19H22F3N5OS/c1-29(2)25(20-9-5-3-6-10-20)13-11-24(12-14-25)19-31(23(32)28-24)21-17-26-22(27-18-21)30-15-7-4-8-16-30;1-26(2)24(18-8-4-3-5-9-18)14-12-23(13-15-24)17-27(22(30)25-23)19-10-6-7-11-20(19)31-16-21(28)29;2*1-26(2)18(14-4-3-9-29-14)7-5-17(6-8-18)12-27(16(28)25-17)13-10-23-15(24-11-13)19(20,21)22/h3,5-6,9-10,17-18H,4,7-8,11-16,19H2,1-2H3,(H,28,32);3-11H,12-17H2,1-2H3,(H,25,30)(H,28,29);2*3-4,9-11H,5-8,12H2,1-2H3,(H,25,28). The third-order valence-corrected chi connectivity index (χ3v) is 29.1. The van der Waals surface area contributed by atoms with Gasteiger partial charge < -0.3 is 36.0 Å². The van der Waals surface area contributed by atoms with Crippen LogP contribution in [0.2, 0.25) is 0 Å². The Balaban J connectivity index is 0.000000132. The molecule has 4 aliphatic carbocycles. The zero-order chi connectivity index (χ0) is 86.0. The second-order valence-electron chi connectivity index (χ2n) is 34.5. The monoisotopic (exact) mass is 1710 g/mol. The van der Waals surface area contributed by atoms with Crippen LogP contribution in [0.5, 0.6) is 5.75 Å². The van der Waals surface area contributed by atoms with Gasteiger partial charge in [0.1, 0.15) is 5.75 Å². The molecule has 4 saturated carbocycles. The molecule has 17 rings (SSSR count). The molecule has 646 valence electrons. The number of carboxylic acids is 1. The number of rotatable bonds is 16. The fourth-order valence-electron chi connectivity index (χ4n) is 19.6. The number of nitrogens with zero attached hydrogens (tertiary/aromatic N) is 15. The number of benzene rings is 3. The van der Waals surface area contributed by atoms with Crippen molar-refractivity contribution >= 4 is 81.5 Å². The fourth-order valence-corrected chi connectivity index (χ4v) is 21.8. The van der Waals surface area contributed by atoms with Gasteiger partial charge in [-0.15, -0.1) is 22.7 Å². The molecule has 4 spiro atoms. The quantitative estimate of drug-likeness (QED) is 0.0563. The molecule has 5 saturated heterocycles. The number of aliphatic carboxylic acids is 1. The number of alkyl halides is 6. The zero-order valence-corrected chi connectivity index (χ0v) is 71.2. The van der Waals surface area contributed by atoms with Crippen LogP contribution in [-0.2, 0) is 39.3 Å². The molecule has 5 N–H and O–H groups in total. The average Bonchev–Trinajstić information content (AvgIpc) is 1.70. The lowest BCUT2D eigenvalue weighted by molar-refractivity contribution is -0.145. The van der Waals surface area contributed by atoms with Crippen LogP contribution in [0.1, 0.15) is 155 Å². The predicted octanol–water partition coefficient (Wildman–Crippen LogP) is 14.9. The Morgan fingerprint density at radius 3 is 1.05 bits per heavy atom. The van der Waals surface area contributed by atoms with Gasteiger partial charge in [-0.25, -0.2) is 53.9 Å². The van der Waals surface area contributed by atoms with Gasteiger partial charge in [0.15, 0.2) is 6.61 Å². The number of anilines is 5. The molecule has 5 aromatic heterocycles. The van der Waals surface area contributed by atoms with Gasteiger partial charge in [-0.2, -0.15) is 26.3 Å². The van der Waals surface area contributed by atoms with E-state index >= 15 is 0 Å². The van der Waals surface area contributed by atoms with Crippen molar-refractivity contribution in [3.8, 4) is 5.75 Å². The first-order valence-corrected chi connectivity index (χ1v) is 43.0. The van der Waals surface area contributed by atoms with Crippen LogP contribution in [0.3, 0.4) is 0 Å². The number of hydrogen-bond acceptors (Lipinski definition) is 19. The zero-order valence-electron chi connectivity index (χ0n) is 69.6. The maximum absolute atomic E-state index is 12.9. The summed E-state index contributed by atoms with van der Waals surface area (Å²) >= 11 is 3.48. The summed E-state index contributed by atoms with van der Waals surface area (Å²) in [6.45, 7) is 3.60. The highest BCUT2D eigenvalue weighted by atomic mass is 32.1. The number of carboxylic acid groups (broad SMARTS) is 1. The molecule has 121 heavy (non-hydrogen) atoms. The van der Waals surface area contributed by atoms with E-state index in [-0.39, 0.29) is 68.7 Å². The molecule has 9 fully saturated rings. The van der Waals surface area contributed by atoms with E-state index in [4.69, 9.17) is 9.84 Å². The largest absolute Gasteiger partial charge is 0.480 e. The third-order valence-electron chi connectivity index (χ3n) is 26.9. The highest BCUT2D eigenvalue weighted by Crippen LogP contribution is 2.53. The number of piperidine rings is 1. The summed E-state index contributed by atoms with van der Waals surface area (Å²) in [5.41, 5.74) is 3.19. The van der Waals surface area contributed by atoms with Crippen LogP contribution >= 0.6 is 22.7 Å². The Morgan fingerprint density at radius 1 is 0.413 bits per heavy atom. The Morgan fingerprint density at radius 2 is 0.727 bits per heavy atom. The van der Waals surface area contributed by atoms with Crippen molar-refractivity contribution in [2.45, 2.75) is 179 Å². The maximum atomic E-state index is 12.9. The van der Waals surface area contributed by atoms with Crippen molar-refractivity contribution in [1.82, 2.24) is 70.8 Å². The van der Waals surface area contributed by atoms with Gasteiger partial charge >= 0.3 is 42.4 Å².